The molecule has 0 spiro atoms. The van der Waals surface area contributed by atoms with Crippen LogP contribution in [-0.4, -0.2) is 22.8 Å². The number of nitrogens with one attached hydrogen (secondary N) is 3. The lowest BCUT2D eigenvalue weighted by molar-refractivity contribution is -0.128. The van der Waals surface area contributed by atoms with Crippen LogP contribution in [0.1, 0.15) is 16.7 Å². The molecule has 8 heteroatoms. The highest BCUT2D eigenvalue weighted by Crippen LogP contribution is 2.25. The van der Waals surface area contributed by atoms with Crippen LogP contribution < -0.4 is 10.6 Å². The van der Waals surface area contributed by atoms with Crippen LogP contribution in [0, 0.1) is 0 Å². The van der Waals surface area contributed by atoms with E-state index in [9.17, 15) is 9.59 Å². The van der Waals surface area contributed by atoms with Crippen molar-refractivity contribution >= 4 is 57.5 Å². The highest BCUT2D eigenvalue weighted by Gasteiger charge is 2.23. The Bertz CT molecular complexity index is 1300. The third-order valence-electron chi connectivity index (χ3n) is 5.53. The molecule has 3 aromatic carbocycles. The summed E-state index contributed by atoms with van der Waals surface area (Å²) < 4.78 is 0. The molecule has 2 amide bonds. The molecule has 5 nitrogen and oxygen atoms in total. The van der Waals surface area contributed by atoms with E-state index >= 15 is 0 Å². The average molecular weight is 515 g/mol. The first-order valence-corrected chi connectivity index (χ1v) is 11.8. The maximum atomic E-state index is 13.2. The number of halogens is 3. The van der Waals surface area contributed by atoms with Gasteiger partial charge in [-0.2, -0.15) is 0 Å². The van der Waals surface area contributed by atoms with E-state index in [1.807, 2.05) is 42.6 Å². The van der Waals surface area contributed by atoms with Crippen molar-refractivity contribution in [3.63, 3.8) is 0 Å². The second-order valence-electron chi connectivity index (χ2n) is 7.90. The second kappa shape index (κ2) is 11.0. The summed E-state index contributed by atoms with van der Waals surface area (Å²) >= 11 is 18.4. The molecule has 3 N–H and O–H groups in total. The van der Waals surface area contributed by atoms with Gasteiger partial charge in [0, 0.05) is 45.1 Å². The summed E-state index contributed by atoms with van der Waals surface area (Å²) in [5.74, 6) is -0.639. The Morgan fingerprint density at radius 1 is 0.882 bits per heavy atom. The molecule has 0 aliphatic carbocycles. The summed E-state index contributed by atoms with van der Waals surface area (Å²) in [5, 5.41) is 8.21. The second-order valence-corrected chi connectivity index (χ2v) is 9.16. The molecule has 34 heavy (non-hydrogen) atoms. The number of fused-ring (bicyclic) bond motifs is 1. The average Bonchev–Trinajstić information content (AvgIpc) is 3.23. The van der Waals surface area contributed by atoms with Crippen molar-refractivity contribution in [3.8, 4) is 0 Å². The van der Waals surface area contributed by atoms with Gasteiger partial charge in [-0.15, -0.1) is 0 Å². The molecule has 4 rings (SSSR count). The van der Waals surface area contributed by atoms with E-state index in [0.717, 1.165) is 22.0 Å². The number of carbonyl (C=O) groups excluding carboxylic acids is 2. The van der Waals surface area contributed by atoms with Gasteiger partial charge < -0.3 is 15.6 Å². The number of hydrogen-bond donors (Lipinski definition) is 3. The zero-order valence-corrected chi connectivity index (χ0v) is 20.3. The summed E-state index contributed by atoms with van der Waals surface area (Å²) in [6, 6.07) is 19.3. The molecule has 0 radical (unpaired) electrons. The van der Waals surface area contributed by atoms with Gasteiger partial charge in [0.25, 0.3) is 0 Å². The van der Waals surface area contributed by atoms with Crippen molar-refractivity contribution < 1.29 is 9.59 Å². The van der Waals surface area contributed by atoms with E-state index in [0.29, 0.717) is 33.6 Å². The van der Waals surface area contributed by atoms with Crippen molar-refractivity contribution in [2.24, 2.45) is 0 Å². The van der Waals surface area contributed by atoms with Crippen molar-refractivity contribution in [2.75, 3.05) is 0 Å². The molecule has 0 aliphatic heterocycles. The van der Waals surface area contributed by atoms with Crippen molar-refractivity contribution in [1.82, 2.24) is 15.6 Å². The molecule has 1 aromatic heterocycles. The minimum atomic E-state index is -0.791. The summed E-state index contributed by atoms with van der Waals surface area (Å²) in [5.41, 5.74) is 3.32. The number of hydrogen-bond acceptors (Lipinski definition) is 2. The Labute approximate surface area is 212 Å². The van der Waals surface area contributed by atoms with Crippen molar-refractivity contribution in [2.45, 2.75) is 25.4 Å². The standard InChI is InChI=1S/C26H22Cl3N3O2/c27-18-10-8-16(9-11-18)14-31-26(34)24(12-17-15-30-23-7-2-1-4-19(17)23)32-25(33)13-20-21(28)5-3-6-22(20)29/h1-11,15,24,30H,12-14H2,(H,31,34)(H,32,33). The van der Waals surface area contributed by atoms with E-state index < -0.39 is 6.04 Å². The Morgan fingerprint density at radius 3 is 2.32 bits per heavy atom. The first kappa shape index (κ1) is 24.1. The van der Waals surface area contributed by atoms with Gasteiger partial charge in [0.1, 0.15) is 6.04 Å². The molecule has 1 unspecified atom stereocenters. The molecule has 0 saturated heterocycles. The molecule has 174 valence electrons. The normalized spacial score (nSPS) is 11.9. The van der Waals surface area contributed by atoms with Crippen molar-refractivity contribution in [1.29, 1.82) is 0 Å². The number of amides is 2. The number of carbonyl (C=O) groups is 2. The van der Waals surface area contributed by atoms with Gasteiger partial charge in [-0.1, -0.05) is 71.2 Å². The minimum absolute atomic E-state index is 0.0344. The highest BCUT2D eigenvalue weighted by molar-refractivity contribution is 6.36. The Kier molecular flexibility index (Phi) is 7.78. The Hall–Kier alpha value is -2.99. The van der Waals surface area contributed by atoms with Gasteiger partial charge in [-0.25, -0.2) is 0 Å². The maximum absolute atomic E-state index is 13.2. The Morgan fingerprint density at radius 2 is 1.59 bits per heavy atom. The zero-order chi connectivity index (χ0) is 24.1. The van der Waals surface area contributed by atoms with Crippen LogP contribution in [0.4, 0.5) is 0 Å². The molecule has 0 fully saturated rings. The van der Waals surface area contributed by atoms with Crippen LogP contribution in [0.25, 0.3) is 10.9 Å². The van der Waals surface area contributed by atoms with Gasteiger partial charge in [-0.05, 0) is 47.0 Å². The SMILES string of the molecule is O=C(Cc1c(Cl)cccc1Cl)NC(Cc1c[nH]c2ccccc12)C(=O)NCc1ccc(Cl)cc1. The molecule has 4 aromatic rings. The smallest absolute Gasteiger partial charge is 0.243 e. The third kappa shape index (κ3) is 5.92. The van der Waals surface area contributed by atoms with Crippen LogP contribution in [0.2, 0.25) is 15.1 Å². The monoisotopic (exact) mass is 513 g/mol. The van der Waals surface area contributed by atoms with Gasteiger partial charge in [0.2, 0.25) is 11.8 Å². The topological polar surface area (TPSA) is 74.0 Å². The largest absolute Gasteiger partial charge is 0.361 e. The van der Waals surface area contributed by atoms with E-state index in [1.54, 1.807) is 30.3 Å². The fraction of sp³-hybridized carbons (Fsp3) is 0.154. The predicted octanol–water partition coefficient (Wildman–Crippen LogP) is 5.71. The van der Waals surface area contributed by atoms with E-state index in [1.165, 1.54) is 0 Å². The summed E-state index contributed by atoms with van der Waals surface area (Å²) in [6.07, 6.45) is 2.15. The molecular weight excluding hydrogens is 493 g/mol. The lowest BCUT2D eigenvalue weighted by Crippen LogP contribution is -2.48. The highest BCUT2D eigenvalue weighted by atomic mass is 35.5. The fourth-order valence-electron chi connectivity index (χ4n) is 3.75. The molecule has 1 heterocycles. The Balaban J connectivity index is 1.52. The van der Waals surface area contributed by atoms with Crippen molar-refractivity contribution in [3.05, 3.63) is 105 Å². The summed E-state index contributed by atoms with van der Waals surface area (Å²) in [7, 11) is 0. The third-order valence-corrected chi connectivity index (χ3v) is 6.49. The predicted molar refractivity (Wildman–Crippen MR) is 137 cm³/mol. The van der Waals surface area contributed by atoms with Crippen LogP contribution in [0.5, 0.6) is 0 Å². The molecule has 1 atom stereocenters. The van der Waals surface area contributed by atoms with Gasteiger partial charge in [0.05, 0.1) is 6.42 Å². The molecule has 0 bridgehead atoms. The number of aromatic nitrogens is 1. The molecule has 0 aliphatic rings. The lowest BCUT2D eigenvalue weighted by atomic mass is 10.0. The summed E-state index contributed by atoms with van der Waals surface area (Å²) in [6.45, 7) is 0.312. The van der Waals surface area contributed by atoms with E-state index in [-0.39, 0.29) is 18.2 Å². The lowest BCUT2D eigenvalue weighted by Gasteiger charge is -2.19. The van der Waals surface area contributed by atoms with E-state index in [2.05, 4.69) is 15.6 Å². The van der Waals surface area contributed by atoms with Gasteiger partial charge in [-0.3, -0.25) is 9.59 Å². The van der Waals surface area contributed by atoms with Crippen LogP contribution >= 0.6 is 34.8 Å². The molecular formula is C26H22Cl3N3O2. The first-order valence-electron chi connectivity index (χ1n) is 10.7. The quantitative estimate of drug-likeness (QED) is 0.282. The molecule has 0 saturated carbocycles. The summed E-state index contributed by atoms with van der Waals surface area (Å²) in [4.78, 5) is 29.3. The first-order chi connectivity index (χ1) is 16.4. The van der Waals surface area contributed by atoms with Crippen LogP contribution in [0.3, 0.4) is 0 Å². The van der Waals surface area contributed by atoms with Crippen LogP contribution in [-0.2, 0) is 29.0 Å². The zero-order valence-electron chi connectivity index (χ0n) is 18.1. The maximum Gasteiger partial charge on any atom is 0.243 e. The van der Waals surface area contributed by atoms with Crippen LogP contribution in [0.15, 0.2) is 72.9 Å². The van der Waals surface area contributed by atoms with E-state index in [4.69, 9.17) is 34.8 Å². The number of aromatic amines is 1. The van der Waals surface area contributed by atoms with Gasteiger partial charge >= 0.3 is 0 Å². The number of rotatable bonds is 8. The fourth-order valence-corrected chi connectivity index (χ4v) is 4.41. The van der Waals surface area contributed by atoms with Gasteiger partial charge in [0.15, 0.2) is 0 Å². The number of benzene rings is 3. The minimum Gasteiger partial charge on any atom is -0.361 e. The number of para-hydroxylation sites is 1. The number of H-pyrrole nitrogens is 1.